The highest BCUT2D eigenvalue weighted by molar-refractivity contribution is 9.10. The molecule has 0 aromatic heterocycles. The lowest BCUT2D eigenvalue weighted by molar-refractivity contribution is 0.198. The minimum Gasteiger partial charge on any atom is -0.389 e. The Morgan fingerprint density at radius 2 is 1.76 bits per heavy atom. The molecule has 0 fully saturated rings. The highest BCUT2D eigenvalue weighted by atomic mass is 79.9. The number of benzene rings is 2. The maximum atomic E-state index is 13.9. The Balaban J connectivity index is 2.30. The smallest absolute Gasteiger partial charge is 0.128 e. The molecule has 0 aliphatic carbocycles. The van der Waals surface area contributed by atoms with Crippen molar-refractivity contribution < 1.29 is 9.50 Å². The van der Waals surface area contributed by atoms with Gasteiger partial charge < -0.3 is 10.0 Å². The molecular weight excluding hydrogens is 333 g/mol. The van der Waals surface area contributed by atoms with E-state index in [9.17, 15) is 9.50 Å². The summed E-state index contributed by atoms with van der Waals surface area (Å²) in [5, 5.41) is 9.66. The fourth-order valence-electron chi connectivity index (χ4n) is 2.32. The van der Waals surface area contributed by atoms with Crippen LogP contribution in [0.4, 0.5) is 10.1 Å². The molecule has 1 N–H and O–H groups in total. The van der Waals surface area contributed by atoms with E-state index in [4.69, 9.17) is 0 Å². The molecule has 0 aliphatic rings. The van der Waals surface area contributed by atoms with Crippen LogP contribution in [0, 0.1) is 5.82 Å². The zero-order valence-electron chi connectivity index (χ0n) is 12.3. The van der Waals surface area contributed by atoms with E-state index in [0.29, 0.717) is 5.56 Å². The van der Waals surface area contributed by atoms with Crippen LogP contribution in [-0.2, 0) is 0 Å². The Morgan fingerprint density at radius 3 is 2.33 bits per heavy atom. The lowest BCUT2D eigenvalue weighted by Crippen LogP contribution is -2.22. The third-order valence-electron chi connectivity index (χ3n) is 3.78. The SMILES string of the molecule is CC(O)c1ccc(N(C)C(C)c2ccccc2F)cc1Br. The van der Waals surface area contributed by atoms with Gasteiger partial charge in [0, 0.05) is 22.8 Å². The summed E-state index contributed by atoms with van der Waals surface area (Å²) in [6.45, 7) is 3.69. The Labute approximate surface area is 133 Å². The van der Waals surface area contributed by atoms with E-state index < -0.39 is 6.10 Å². The summed E-state index contributed by atoms with van der Waals surface area (Å²) in [5.74, 6) is -0.198. The van der Waals surface area contributed by atoms with Crippen molar-refractivity contribution in [1.82, 2.24) is 0 Å². The van der Waals surface area contributed by atoms with Gasteiger partial charge in [-0.1, -0.05) is 40.2 Å². The van der Waals surface area contributed by atoms with E-state index in [1.54, 1.807) is 19.1 Å². The van der Waals surface area contributed by atoms with E-state index in [1.807, 2.05) is 43.1 Å². The second-order valence-corrected chi connectivity index (χ2v) is 6.04. The minimum absolute atomic E-state index is 0.0875. The molecule has 2 aromatic carbocycles. The number of nitrogens with zero attached hydrogens (tertiary/aromatic N) is 1. The molecule has 2 unspecified atom stereocenters. The zero-order valence-corrected chi connectivity index (χ0v) is 13.9. The van der Waals surface area contributed by atoms with Gasteiger partial charge in [0.15, 0.2) is 0 Å². The molecule has 0 amide bonds. The second kappa shape index (κ2) is 6.58. The first-order valence-electron chi connectivity index (χ1n) is 6.86. The van der Waals surface area contributed by atoms with Crippen LogP contribution in [0.25, 0.3) is 0 Å². The van der Waals surface area contributed by atoms with Crippen LogP contribution in [0.5, 0.6) is 0 Å². The summed E-state index contributed by atoms with van der Waals surface area (Å²) >= 11 is 3.48. The van der Waals surface area contributed by atoms with Crippen LogP contribution in [0.2, 0.25) is 0 Å². The van der Waals surface area contributed by atoms with Gasteiger partial charge in [0.1, 0.15) is 5.82 Å². The van der Waals surface area contributed by atoms with Crippen molar-refractivity contribution in [2.24, 2.45) is 0 Å². The predicted octanol–water partition coefficient (Wildman–Crippen LogP) is 4.84. The summed E-state index contributed by atoms with van der Waals surface area (Å²) < 4.78 is 14.7. The average Bonchev–Trinajstić information content (AvgIpc) is 2.45. The largest absolute Gasteiger partial charge is 0.389 e. The molecule has 2 aromatic rings. The predicted molar refractivity (Wildman–Crippen MR) is 88.0 cm³/mol. The molecule has 0 aliphatic heterocycles. The Morgan fingerprint density at radius 1 is 1.10 bits per heavy atom. The van der Waals surface area contributed by atoms with Crippen molar-refractivity contribution in [1.29, 1.82) is 0 Å². The van der Waals surface area contributed by atoms with Gasteiger partial charge in [0.25, 0.3) is 0 Å². The van der Waals surface area contributed by atoms with Crippen LogP contribution in [0.3, 0.4) is 0 Å². The molecule has 0 saturated carbocycles. The van der Waals surface area contributed by atoms with Crippen molar-refractivity contribution in [2.75, 3.05) is 11.9 Å². The molecule has 21 heavy (non-hydrogen) atoms. The van der Waals surface area contributed by atoms with Crippen molar-refractivity contribution in [2.45, 2.75) is 26.0 Å². The molecule has 0 saturated heterocycles. The second-order valence-electron chi connectivity index (χ2n) is 5.19. The fourth-order valence-corrected chi connectivity index (χ4v) is 3.02. The maximum absolute atomic E-state index is 13.9. The highest BCUT2D eigenvalue weighted by Gasteiger charge is 2.17. The van der Waals surface area contributed by atoms with Crippen LogP contribution in [0.1, 0.15) is 37.1 Å². The molecule has 2 rings (SSSR count). The van der Waals surface area contributed by atoms with E-state index in [-0.39, 0.29) is 11.9 Å². The number of hydrogen-bond acceptors (Lipinski definition) is 2. The Bertz CT molecular complexity index is 630. The highest BCUT2D eigenvalue weighted by Crippen LogP contribution is 2.32. The van der Waals surface area contributed by atoms with Crippen molar-refractivity contribution >= 4 is 21.6 Å². The van der Waals surface area contributed by atoms with Gasteiger partial charge >= 0.3 is 0 Å². The van der Waals surface area contributed by atoms with E-state index in [1.165, 1.54) is 6.07 Å². The van der Waals surface area contributed by atoms with Crippen LogP contribution < -0.4 is 4.90 Å². The van der Waals surface area contributed by atoms with Crippen LogP contribution >= 0.6 is 15.9 Å². The number of halogens is 2. The van der Waals surface area contributed by atoms with Gasteiger partial charge in [-0.25, -0.2) is 4.39 Å². The fraction of sp³-hybridized carbons (Fsp3) is 0.294. The molecule has 0 heterocycles. The molecular formula is C17H19BrFNO. The number of aliphatic hydroxyl groups excluding tert-OH is 1. The van der Waals surface area contributed by atoms with E-state index in [0.717, 1.165) is 15.7 Å². The molecule has 112 valence electrons. The molecule has 4 heteroatoms. The summed E-state index contributed by atoms with van der Waals surface area (Å²) in [6.07, 6.45) is -0.525. The first-order chi connectivity index (χ1) is 9.91. The molecule has 0 spiro atoms. The Hall–Kier alpha value is -1.39. The lowest BCUT2D eigenvalue weighted by atomic mass is 10.1. The minimum atomic E-state index is -0.525. The summed E-state index contributed by atoms with van der Waals surface area (Å²) in [4.78, 5) is 2.01. The number of hydrogen-bond donors (Lipinski definition) is 1. The van der Waals surface area contributed by atoms with E-state index in [2.05, 4.69) is 15.9 Å². The normalized spacial score (nSPS) is 13.8. The number of rotatable bonds is 4. The summed E-state index contributed by atoms with van der Waals surface area (Å²) in [5.41, 5.74) is 2.46. The monoisotopic (exact) mass is 351 g/mol. The number of anilines is 1. The van der Waals surface area contributed by atoms with Gasteiger partial charge in [-0.05, 0) is 37.6 Å². The van der Waals surface area contributed by atoms with Crippen molar-refractivity contribution in [3.63, 3.8) is 0 Å². The average molecular weight is 352 g/mol. The third kappa shape index (κ3) is 3.44. The van der Waals surface area contributed by atoms with Crippen molar-refractivity contribution in [3.8, 4) is 0 Å². The molecule has 2 atom stereocenters. The zero-order chi connectivity index (χ0) is 15.6. The van der Waals surface area contributed by atoms with Gasteiger partial charge in [0.2, 0.25) is 0 Å². The third-order valence-corrected chi connectivity index (χ3v) is 4.46. The standard InChI is InChI=1S/C17H19BrFNO/c1-11(14-6-4-5-7-17(14)19)20(3)13-8-9-15(12(2)21)16(18)10-13/h4-12,21H,1-3H3. The topological polar surface area (TPSA) is 23.5 Å². The van der Waals surface area contributed by atoms with Gasteiger partial charge in [0.05, 0.1) is 12.1 Å². The first kappa shape index (κ1) is 16.0. The van der Waals surface area contributed by atoms with E-state index >= 15 is 0 Å². The Kier molecular flexibility index (Phi) is 5.01. The number of aliphatic hydroxyl groups is 1. The quantitative estimate of drug-likeness (QED) is 0.851. The van der Waals surface area contributed by atoms with Gasteiger partial charge in [-0.2, -0.15) is 0 Å². The van der Waals surface area contributed by atoms with Crippen LogP contribution in [0.15, 0.2) is 46.9 Å². The summed E-state index contributed by atoms with van der Waals surface area (Å²) in [7, 11) is 1.93. The van der Waals surface area contributed by atoms with Gasteiger partial charge in [-0.3, -0.25) is 0 Å². The molecule has 0 radical (unpaired) electrons. The molecule has 0 bridgehead atoms. The maximum Gasteiger partial charge on any atom is 0.128 e. The van der Waals surface area contributed by atoms with Crippen LogP contribution in [-0.4, -0.2) is 12.2 Å². The molecule has 2 nitrogen and oxygen atoms in total. The lowest BCUT2D eigenvalue weighted by Gasteiger charge is -2.28. The van der Waals surface area contributed by atoms with Crippen molar-refractivity contribution in [3.05, 3.63) is 63.9 Å². The summed E-state index contributed by atoms with van der Waals surface area (Å²) in [6, 6.07) is 12.5. The first-order valence-corrected chi connectivity index (χ1v) is 7.66. The van der Waals surface area contributed by atoms with Gasteiger partial charge in [-0.15, -0.1) is 0 Å².